The Balaban J connectivity index is 0.00000480. The molecule has 0 aliphatic carbocycles. The molecule has 2 aromatic carbocycles. The molecule has 1 atom stereocenters. The van der Waals surface area contributed by atoms with E-state index < -0.39 is 17.7 Å². The van der Waals surface area contributed by atoms with Crippen LogP contribution in [0.3, 0.4) is 0 Å². The van der Waals surface area contributed by atoms with E-state index in [2.05, 4.69) is 15.6 Å². The second kappa shape index (κ2) is 12.2. The van der Waals surface area contributed by atoms with Gasteiger partial charge in [0.2, 0.25) is 0 Å². The van der Waals surface area contributed by atoms with Crippen LogP contribution in [0.4, 0.5) is 10.5 Å². The molecule has 0 saturated heterocycles. The first kappa shape index (κ1) is 26.3. The molecule has 0 heterocycles. The third kappa shape index (κ3) is 8.91. The van der Waals surface area contributed by atoms with Crippen LogP contribution in [0.2, 0.25) is 0 Å². The largest absolute Gasteiger partial charge is 0.493 e. The highest BCUT2D eigenvalue weighted by Gasteiger charge is 2.20. The molecule has 0 radical (unpaired) electrons. The van der Waals surface area contributed by atoms with Gasteiger partial charge in [-0.25, -0.2) is 4.79 Å². The molecule has 4 N–H and O–H groups in total. The van der Waals surface area contributed by atoms with Crippen molar-refractivity contribution in [3.8, 4) is 11.5 Å². The molecule has 0 spiro atoms. The van der Waals surface area contributed by atoms with Gasteiger partial charge in [-0.05, 0) is 38.5 Å². The topological polar surface area (TPSA) is 107 Å². The van der Waals surface area contributed by atoms with Crippen LogP contribution < -0.4 is 25.8 Å². The van der Waals surface area contributed by atoms with E-state index >= 15 is 0 Å². The van der Waals surface area contributed by atoms with E-state index in [4.69, 9.17) is 19.9 Å². The number of carbonyl (C=O) groups excluding carboxylic acids is 1. The molecule has 0 fully saturated rings. The number of nitrogens with zero attached hydrogens (tertiary/aromatic N) is 1. The van der Waals surface area contributed by atoms with Crippen molar-refractivity contribution in [3.63, 3.8) is 0 Å². The molecular formula is C22H31IN4O4. The molecule has 2 aromatic rings. The average Bonchev–Trinajstić information content (AvgIpc) is 2.70. The fourth-order valence-electron chi connectivity index (χ4n) is 2.66. The van der Waals surface area contributed by atoms with Crippen molar-refractivity contribution in [3.05, 3.63) is 54.1 Å². The normalized spacial score (nSPS) is 12.2. The van der Waals surface area contributed by atoms with E-state index in [0.29, 0.717) is 17.2 Å². The summed E-state index contributed by atoms with van der Waals surface area (Å²) in [6, 6.07) is 14.5. The van der Waals surface area contributed by atoms with Crippen molar-refractivity contribution in [2.45, 2.75) is 32.4 Å². The average molecular weight is 542 g/mol. The van der Waals surface area contributed by atoms with Crippen LogP contribution in [0.15, 0.2) is 53.5 Å². The fraction of sp³-hybridized carbons (Fsp3) is 0.364. The standard InChI is InChI=1S/C22H30N4O4.HI/c1-22(2,3)30-21(27)26-17(15-9-7-6-8-10-15)14-24-20(23)25-16-11-12-18(28-4)19(13-16)29-5;/h6-13,17H,14H2,1-5H3,(H,26,27)(H3,23,24,25);1H. The quantitative estimate of drug-likeness (QED) is 0.274. The Morgan fingerprint density at radius 3 is 2.29 bits per heavy atom. The number of nitrogens with one attached hydrogen (secondary N) is 2. The number of carbonyl (C=O) groups is 1. The van der Waals surface area contributed by atoms with Gasteiger partial charge >= 0.3 is 6.09 Å². The van der Waals surface area contributed by atoms with Gasteiger partial charge in [0, 0.05) is 11.8 Å². The molecular weight excluding hydrogens is 511 g/mol. The molecule has 1 amide bonds. The number of ether oxygens (including phenoxy) is 3. The Bertz CT molecular complexity index is 870. The summed E-state index contributed by atoms with van der Waals surface area (Å²) in [6.45, 7) is 5.67. The molecule has 2 rings (SSSR count). The van der Waals surface area contributed by atoms with Gasteiger partial charge in [-0.2, -0.15) is 0 Å². The first-order valence-corrected chi connectivity index (χ1v) is 9.55. The number of alkyl carbamates (subject to hydrolysis) is 1. The summed E-state index contributed by atoms with van der Waals surface area (Å²) in [5.74, 6) is 1.39. The van der Waals surface area contributed by atoms with Gasteiger partial charge in [0.15, 0.2) is 17.5 Å². The summed E-state index contributed by atoms with van der Waals surface area (Å²) in [5, 5.41) is 5.87. The molecule has 0 bridgehead atoms. The summed E-state index contributed by atoms with van der Waals surface area (Å²) in [5.41, 5.74) is 7.05. The summed E-state index contributed by atoms with van der Waals surface area (Å²) < 4.78 is 15.9. The van der Waals surface area contributed by atoms with Crippen LogP contribution in [-0.2, 0) is 4.74 Å². The molecule has 0 aromatic heterocycles. The Labute approximate surface area is 200 Å². The van der Waals surface area contributed by atoms with E-state index in [1.54, 1.807) is 32.4 Å². The minimum absolute atomic E-state index is 0. The van der Waals surface area contributed by atoms with E-state index in [1.165, 1.54) is 0 Å². The minimum atomic E-state index is -0.595. The lowest BCUT2D eigenvalue weighted by Crippen LogP contribution is -2.36. The number of rotatable bonds is 7. The maximum atomic E-state index is 12.3. The summed E-state index contributed by atoms with van der Waals surface area (Å²) >= 11 is 0. The lowest BCUT2D eigenvalue weighted by Gasteiger charge is -2.23. The summed E-state index contributed by atoms with van der Waals surface area (Å²) in [7, 11) is 3.13. The third-order valence-electron chi connectivity index (χ3n) is 3.99. The number of halogens is 1. The number of nitrogens with two attached hydrogens (primary N) is 1. The van der Waals surface area contributed by atoms with Gasteiger partial charge in [-0.1, -0.05) is 30.3 Å². The number of aliphatic imine (C=N–C) groups is 1. The van der Waals surface area contributed by atoms with E-state index in [-0.39, 0.29) is 36.5 Å². The second-order valence-electron chi connectivity index (χ2n) is 7.53. The zero-order chi connectivity index (χ0) is 22.1. The van der Waals surface area contributed by atoms with Crippen molar-refractivity contribution < 1.29 is 19.0 Å². The number of guanidine groups is 1. The van der Waals surface area contributed by atoms with Crippen LogP contribution in [0.1, 0.15) is 32.4 Å². The minimum Gasteiger partial charge on any atom is -0.493 e. The molecule has 170 valence electrons. The fourth-order valence-corrected chi connectivity index (χ4v) is 2.66. The van der Waals surface area contributed by atoms with Crippen LogP contribution >= 0.6 is 24.0 Å². The van der Waals surface area contributed by atoms with Crippen LogP contribution in [0.5, 0.6) is 11.5 Å². The monoisotopic (exact) mass is 542 g/mol. The molecule has 0 aliphatic heterocycles. The van der Waals surface area contributed by atoms with Gasteiger partial charge < -0.3 is 30.6 Å². The maximum Gasteiger partial charge on any atom is 0.408 e. The molecule has 0 aliphatic rings. The lowest BCUT2D eigenvalue weighted by molar-refractivity contribution is 0.0505. The molecule has 31 heavy (non-hydrogen) atoms. The summed E-state index contributed by atoms with van der Waals surface area (Å²) in [4.78, 5) is 16.6. The van der Waals surface area contributed by atoms with Crippen molar-refractivity contribution in [1.82, 2.24) is 5.32 Å². The van der Waals surface area contributed by atoms with Gasteiger partial charge in [0.1, 0.15) is 5.60 Å². The van der Waals surface area contributed by atoms with Gasteiger partial charge in [0.05, 0.1) is 26.8 Å². The Kier molecular flexibility index (Phi) is 10.4. The zero-order valence-electron chi connectivity index (χ0n) is 18.5. The Morgan fingerprint density at radius 1 is 1.06 bits per heavy atom. The number of benzene rings is 2. The maximum absolute atomic E-state index is 12.3. The van der Waals surface area contributed by atoms with Crippen molar-refractivity contribution in [2.24, 2.45) is 10.7 Å². The highest BCUT2D eigenvalue weighted by Crippen LogP contribution is 2.29. The van der Waals surface area contributed by atoms with Crippen LogP contribution in [-0.4, -0.2) is 38.4 Å². The number of amides is 1. The van der Waals surface area contributed by atoms with E-state index in [9.17, 15) is 4.79 Å². The van der Waals surface area contributed by atoms with Crippen LogP contribution in [0, 0.1) is 0 Å². The molecule has 9 heteroatoms. The van der Waals surface area contributed by atoms with E-state index in [1.807, 2.05) is 51.1 Å². The van der Waals surface area contributed by atoms with E-state index in [0.717, 1.165) is 5.56 Å². The van der Waals surface area contributed by atoms with Crippen molar-refractivity contribution in [2.75, 3.05) is 26.1 Å². The molecule has 0 saturated carbocycles. The number of methoxy groups -OCH3 is 2. The third-order valence-corrected chi connectivity index (χ3v) is 3.99. The first-order valence-electron chi connectivity index (χ1n) is 9.55. The predicted octanol–water partition coefficient (Wildman–Crippen LogP) is 4.31. The molecule has 8 nitrogen and oxygen atoms in total. The Morgan fingerprint density at radius 2 is 1.71 bits per heavy atom. The zero-order valence-corrected chi connectivity index (χ0v) is 20.8. The van der Waals surface area contributed by atoms with Crippen LogP contribution in [0.25, 0.3) is 0 Å². The SMILES string of the molecule is COc1ccc(NC(N)=NCC(NC(=O)OC(C)(C)C)c2ccccc2)cc1OC.I. The summed E-state index contributed by atoms with van der Waals surface area (Å²) in [6.07, 6.45) is -0.516. The lowest BCUT2D eigenvalue weighted by atomic mass is 10.1. The Hall–Kier alpha value is -2.69. The smallest absolute Gasteiger partial charge is 0.408 e. The van der Waals surface area contributed by atoms with Crippen molar-refractivity contribution >= 4 is 41.7 Å². The van der Waals surface area contributed by atoms with Crippen molar-refractivity contribution in [1.29, 1.82) is 0 Å². The second-order valence-corrected chi connectivity index (χ2v) is 7.53. The highest BCUT2D eigenvalue weighted by atomic mass is 127. The number of hydrogen-bond donors (Lipinski definition) is 3. The number of hydrogen-bond acceptors (Lipinski definition) is 5. The van der Waals surface area contributed by atoms with Gasteiger partial charge in [-0.15, -0.1) is 24.0 Å². The number of anilines is 1. The van der Waals surface area contributed by atoms with Gasteiger partial charge in [0.25, 0.3) is 0 Å². The predicted molar refractivity (Wildman–Crippen MR) is 134 cm³/mol. The van der Waals surface area contributed by atoms with Gasteiger partial charge in [-0.3, -0.25) is 4.99 Å². The molecule has 1 unspecified atom stereocenters. The first-order chi connectivity index (χ1) is 14.2. The highest BCUT2D eigenvalue weighted by molar-refractivity contribution is 14.0.